The third kappa shape index (κ3) is 6.05. The minimum absolute atomic E-state index is 0.0767. The number of aryl methyl sites for hydroxylation is 1. The molecule has 0 aliphatic carbocycles. The number of ether oxygens (including phenoxy) is 1. The van der Waals surface area contributed by atoms with E-state index in [1.54, 1.807) is 17.8 Å². The molecule has 1 rings (SSSR count). The van der Waals surface area contributed by atoms with Crippen LogP contribution >= 0.6 is 15.9 Å². The van der Waals surface area contributed by atoms with E-state index in [0.29, 0.717) is 23.4 Å². The number of carbonyl (C=O) groups excluding carboxylic acids is 2. The molecule has 0 radical (unpaired) electrons. The lowest BCUT2D eigenvalue weighted by Gasteiger charge is -2.22. The molecule has 1 heterocycles. The largest absolute Gasteiger partial charge is 0.444 e. The number of anilines is 1. The summed E-state index contributed by atoms with van der Waals surface area (Å²) in [6, 6.07) is 1.69. The zero-order valence-electron chi connectivity index (χ0n) is 13.6. The molecule has 1 unspecified atom stereocenters. The molecule has 0 aromatic carbocycles. The molecule has 8 heteroatoms. The highest BCUT2D eigenvalue weighted by molar-refractivity contribution is 9.10. The second-order valence-electron chi connectivity index (χ2n) is 6.10. The third-order valence-corrected chi connectivity index (χ3v) is 3.17. The van der Waals surface area contributed by atoms with Crippen LogP contribution in [-0.2, 0) is 16.1 Å². The van der Waals surface area contributed by atoms with Gasteiger partial charge in [0.2, 0.25) is 6.41 Å². The van der Waals surface area contributed by atoms with Crippen LogP contribution in [0.1, 0.15) is 34.1 Å². The first-order valence-electron chi connectivity index (χ1n) is 7.03. The van der Waals surface area contributed by atoms with Gasteiger partial charge in [-0.15, -0.1) is 0 Å². The predicted molar refractivity (Wildman–Crippen MR) is 87.8 cm³/mol. The Balaban J connectivity index is 2.56. The number of alkyl carbamates (subject to hydrolysis) is 1. The smallest absolute Gasteiger partial charge is 0.407 e. The summed E-state index contributed by atoms with van der Waals surface area (Å²) in [6.07, 6.45) is 0.946. The Kier molecular flexibility index (Phi) is 6.40. The number of halogens is 1. The molecule has 0 saturated carbocycles. The van der Waals surface area contributed by atoms with Crippen molar-refractivity contribution >= 4 is 34.3 Å². The topological polar surface area (TPSA) is 76.5 Å². The van der Waals surface area contributed by atoms with Crippen LogP contribution in [0, 0.1) is 0 Å². The van der Waals surface area contributed by atoms with E-state index in [1.165, 1.54) is 4.90 Å². The number of carbonyl (C=O) groups is 2. The molecule has 0 saturated heterocycles. The summed E-state index contributed by atoms with van der Waals surface area (Å²) >= 11 is 3.30. The fourth-order valence-electron chi connectivity index (χ4n) is 1.78. The van der Waals surface area contributed by atoms with Crippen LogP contribution in [0.15, 0.2) is 10.7 Å². The first kappa shape index (κ1) is 18.5. The van der Waals surface area contributed by atoms with Crippen LogP contribution in [0.2, 0.25) is 0 Å². The molecule has 1 atom stereocenters. The molecule has 1 aromatic rings. The Hall–Kier alpha value is -1.57. The molecule has 0 aliphatic heterocycles. The SMILES string of the molecule is CC(CCn1nc(Br)cc1N(C)C=O)NC(=O)OC(C)(C)C. The number of hydrogen-bond donors (Lipinski definition) is 1. The minimum atomic E-state index is -0.517. The second-order valence-corrected chi connectivity index (χ2v) is 6.91. The summed E-state index contributed by atoms with van der Waals surface area (Å²) in [6.45, 7) is 7.92. The predicted octanol–water partition coefficient (Wildman–Crippen LogP) is 2.54. The van der Waals surface area contributed by atoms with Crippen LogP contribution in [0.25, 0.3) is 0 Å². The van der Waals surface area contributed by atoms with Crippen LogP contribution in [0.4, 0.5) is 10.6 Å². The summed E-state index contributed by atoms with van der Waals surface area (Å²) in [4.78, 5) is 24.0. The highest BCUT2D eigenvalue weighted by Gasteiger charge is 2.18. The van der Waals surface area contributed by atoms with Crippen LogP contribution in [0.3, 0.4) is 0 Å². The van der Waals surface area contributed by atoms with E-state index in [-0.39, 0.29) is 6.04 Å². The third-order valence-electron chi connectivity index (χ3n) is 2.79. The van der Waals surface area contributed by atoms with Crippen LogP contribution < -0.4 is 10.2 Å². The Labute approximate surface area is 139 Å². The maximum atomic E-state index is 11.7. The van der Waals surface area contributed by atoms with E-state index in [0.717, 1.165) is 6.41 Å². The van der Waals surface area contributed by atoms with Crippen molar-refractivity contribution in [3.8, 4) is 0 Å². The van der Waals surface area contributed by atoms with Gasteiger partial charge in [-0.1, -0.05) is 0 Å². The van der Waals surface area contributed by atoms with Gasteiger partial charge in [-0.2, -0.15) is 5.10 Å². The van der Waals surface area contributed by atoms with Gasteiger partial charge in [0.1, 0.15) is 16.0 Å². The number of nitrogens with zero attached hydrogens (tertiary/aromatic N) is 3. The van der Waals surface area contributed by atoms with Crippen molar-refractivity contribution in [1.82, 2.24) is 15.1 Å². The zero-order valence-corrected chi connectivity index (χ0v) is 15.2. The molecule has 0 fully saturated rings. The number of rotatable bonds is 6. The lowest BCUT2D eigenvalue weighted by Crippen LogP contribution is -2.38. The van der Waals surface area contributed by atoms with Crippen molar-refractivity contribution in [2.45, 2.75) is 52.3 Å². The Morgan fingerprint density at radius 1 is 1.59 bits per heavy atom. The average Bonchev–Trinajstić information content (AvgIpc) is 2.74. The van der Waals surface area contributed by atoms with Gasteiger partial charge in [0.25, 0.3) is 0 Å². The molecule has 124 valence electrons. The Bertz CT molecular complexity index is 525. The van der Waals surface area contributed by atoms with Gasteiger partial charge in [0.15, 0.2) is 0 Å². The summed E-state index contributed by atoms with van der Waals surface area (Å²) in [5, 5.41) is 7.06. The molecule has 7 nitrogen and oxygen atoms in total. The highest BCUT2D eigenvalue weighted by Crippen LogP contribution is 2.18. The summed E-state index contributed by atoms with van der Waals surface area (Å²) in [7, 11) is 1.66. The number of amides is 2. The van der Waals surface area contributed by atoms with Gasteiger partial charge in [0.05, 0.1) is 0 Å². The van der Waals surface area contributed by atoms with Crippen molar-refractivity contribution in [2.24, 2.45) is 0 Å². The fourth-order valence-corrected chi connectivity index (χ4v) is 2.17. The second kappa shape index (κ2) is 7.62. The standard InChI is InChI=1S/C14H23BrN4O3/c1-10(16-13(21)22-14(2,3)4)6-7-19-12(18(5)9-20)8-11(15)17-19/h8-10H,6-7H2,1-5H3,(H,16,21). The van der Waals surface area contributed by atoms with E-state index in [9.17, 15) is 9.59 Å². The van der Waals surface area contributed by atoms with Crippen molar-refractivity contribution in [1.29, 1.82) is 0 Å². The summed E-state index contributed by atoms with van der Waals surface area (Å²) in [5.74, 6) is 0.686. The van der Waals surface area contributed by atoms with Gasteiger partial charge >= 0.3 is 6.09 Å². The van der Waals surface area contributed by atoms with Gasteiger partial charge in [-0.05, 0) is 50.0 Å². The van der Waals surface area contributed by atoms with Crippen LogP contribution in [-0.4, -0.2) is 41.0 Å². The van der Waals surface area contributed by atoms with Crippen molar-refractivity contribution in [2.75, 3.05) is 11.9 Å². The lowest BCUT2D eigenvalue weighted by molar-refractivity contribution is -0.107. The minimum Gasteiger partial charge on any atom is -0.444 e. The number of hydrogen-bond acceptors (Lipinski definition) is 4. The molecular weight excluding hydrogens is 352 g/mol. The maximum absolute atomic E-state index is 11.7. The van der Waals surface area contributed by atoms with E-state index < -0.39 is 11.7 Å². The first-order chi connectivity index (χ1) is 10.1. The molecule has 2 amide bonds. The first-order valence-corrected chi connectivity index (χ1v) is 7.82. The van der Waals surface area contributed by atoms with Gasteiger partial charge in [-0.3, -0.25) is 4.79 Å². The fraction of sp³-hybridized carbons (Fsp3) is 0.643. The van der Waals surface area contributed by atoms with E-state index >= 15 is 0 Å². The molecule has 1 aromatic heterocycles. The molecule has 0 aliphatic rings. The quantitative estimate of drug-likeness (QED) is 0.776. The summed E-state index contributed by atoms with van der Waals surface area (Å²) < 4.78 is 7.58. The van der Waals surface area contributed by atoms with Gasteiger partial charge in [-0.25, -0.2) is 9.48 Å². The molecule has 22 heavy (non-hydrogen) atoms. The number of nitrogens with one attached hydrogen (secondary N) is 1. The zero-order chi connectivity index (χ0) is 16.9. The summed E-state index contributed by atoms with van der Waals surface area (Å²) in [5.41, 5.74) is -0.517. The van der Waals surface area contributed by atoms with Gasteiger partial charge in [0, 0.05) is 25.7 Å². The molecule has 1 N–H and O–H groups in total. The lowest BCUT2D eigenvalue weighted by atomic mass is 10.2. The Morgan fingerprint density at radius 2 is 2.23 bits per heavy atom. The van der Waals surface area contributed by atoms with E-state index in [4.69, 9.17) is 4.74 Å². The number of aromatic nitrogens is 2. The normalized spacial score (nSPS) is 12.6. The highest BCUT2D eigenvalue weighted by atomic mass is 79.9. The molecular formula is C14H23BrN4O3. The van der Waals surface area contributed by atoms with Crippen molar-refractivity contribution < 1.29 is 14.3 Å². The Morgan fingerprint density at radius 3 is 2.77 bits per heavy atom. The van der Waals surface area contributed by atoms with E-state index in [1.807, 2.05) is 27.7 Å². The average molecular weight is 375 g/mol. The monoisotopic (exact) mass is 374 g/mol. The van der Waals surface area contributed by atoms with Crippen LogP contribution in [0.5, 0.6) is 0 Å². The molecule has 0 bridgehead atoms. The van der Waals surface area contributed by atoms with Crippen molar-refractivity contribution in [3.05, 3.63) is 10.7 Å². The molecule has 0 spiro atoms. The van der Waals surface area contributed by atoms with Crippen molar-refractivity contribution in [3.63, 3.8) is 0 Å². The van der Waals surface area contributed by atoms with E-state index in [2.05, 4.69) is 26.3 Å². The van der Waals surface area contributed by atoms with Gasteiger partial charge < -0.3 is 15.0 Å². The maximum Gasteiger partial charge on any atom is 0.407 e.